The number of hydrogen-bond donors (Lipinski definition) is 3. The zero-order chi connectivity index (χ0) is 16.3. The van der Waals surface area contributed by atoms with Crippen molar-refractivity contribution in [3.05, 3.63) is 52.9 Å². The Morgan fingerprint density at radius 1 is 1.32 bits per heavy atom. The number of halogens is 2. The summed E-state index contributed by atoms with van der Waals surface area (Å²) in [5.41, 5.74) is 2.04. The molecule has 1 unspecified atom stereocenters. The second-order valence-electron chi connectivity index (χ2n) is 6.33. The van der Waals surface area contributed by atoms with Crippen molar-refractivity contribution in [1.82, 2.24) is 15.5 Å². The lowest BCUT2D eigenvalue weighted by Crippen LogP contribution is -2.23. The van der Waals surface area contributed by atoms with Crippen molar-refractivity contribution in [1.29, 1.82) is 0 Å². The number of rotatable bonds is 5. The number of aliphatic hydroxyl groups is 1. The number of nitrogens with zero attached hydrogens (tertiary/aromatic N) is 1. The number of H-pyrrole nitrogens is 1. The molecule has 0 bridgehead atoms. The van der Waals surface area contributed by atoms with Gasteiger partial charge in [0.25, 0.3) is 0 Å². The van der Waals surface area contributed by atoms with E-state index >= 15 is 0 Å². The van der Waals surface area contributed by atoms with Crippen LogP contribution in [0.3, 0.4) is 0 Å². The number of aromatic nitrogens is 2. The molecule has 0 aliphatic rings. The molecular weight excluding hydrogens is 288 g/mol. The fourth-order valence-corrected chi connectivity index (χ4v) is 2.32. The van der Waals surface area contributed by atoms with E-state index in [-0.39, 0.29) is 17.5 Å². The number of hydrogen-bond acceptors (Lipinski definition) is 3. The second-order valence-corrected chi connectivity index (χ2v) is 6.33. The van der Waals surface area contributed by atoms with Crippen LogP contribution in [-0.4, -0.2) is 21.8 Å². The van der Waals surface area contributed by atoms with E-state index in [0.717, 1.165) is 23.4 Å². The summed E-state index contributed by atoms with van der Waals surface area (Å²) in [5.74, 6) is -1.40. The molecule has 2 rings (SSSR count). The Kier molecular flexibility index (Phi) is 4.93. The molecule has 4 nitrogen and oxygen atoms in total. The van der Waals surface area contributed by atoms with Crippen LogP contribution in [0.5, 0.6) is 0 Å². The van der Waals surface area contributed by atoms with Gasteiger partial charge in [0.15, 0.2) is 0 Å². The van der Waals surface area contributed by atoms with Crippen LogP contribution in [0.25, 0.3) is 0 Å². The van der Waals surface area contributed by atoms with Gasteiger partial charge in [0.05, 0.1) is 12.3 Å². The summed E-state index contributed by atoms with van der Waals surface area (Å²) in [7, 11) is 0. The minimum absolute atomic E-state index is 0.0603. The van der Waals surface area contributed by atoms with E-state index in [0.29, 0.717) is 6.54 Å². The van der Waals surface area contributed by atoms with Gasteiger partial charge in [-0.25, -0.2) is 8.78 Å². The first kappa shape index (κ1) is 16.6. The van der Waals surface area contributed by atoms with Crippen molar-refractivity contribution in [3.63, 3.8) is 0 Å². The lowest BCUT2D eigenvalue weighted by atomic mass is 9.89. The lowest BCUT2D eigenvalue weighted by Gasteiger charge is -2.19. The van der Waals surface area contributed by atoms with Gasteiger partial charge >= 0.3 is 0 Å². The summed E-state index contributed by atoms with van der Waals surface area (Å²) in [5, 5.41) is 20.1. The first-order chi connectivity index (χ1) is 10.3. The number of aliphatic hydroxyl groups excluding tert-OH is 1. The van der Waals surface area contributed by atoms with Crippen LogP contribution < -0.4 is 5.32 Å². The van der Waals surface area contributed by atoms with Crippen LogP contribution in [0.1, 0.15) is 43.7 Å². The van der Waals surface area contributed by atoms with Crippen molar-refractivity contribution in [2.45, 2.75) is 38.8 Å². The van der Waals surface area contributed by atoms with Crippen molar-refractivity contribution in [2.24, 2.45) is 0 Å². The normalized spacial score (nSPS) is 13.4. The van der Waals surface area contributed by atoms with Crippen molar-refractivity contribution in [2.75, 3.05) is 6.54 Å². The fourth-order valence-electron chi connectivity index (χ4n) is 2.32. The van der Waals surface area contributed by atoms with Crippen LogP contribution in [0.15, 0.2) is 24.4 Å². The predicted octanol–water partition coefficient (Wildman–Crippen LogP) is 2.81. The maximum atomic E-state index is 13.6. The number of benzene rings is 1. The largest absolute Gasteiger partial charge is 0.387 e. The van der Waals surface area contributed by atoms with Gasteiger partial charge in [-0.05, 0) is 6.07 Å². The lowest BCUT2D eigenvalue weighted by molar-refractivity contribution is 0.169. The van der Waals surface area contributed by atoms with Crippen LogP contribution in [0, 0.1) is 11.6 Å². The summed E-state index contributed by atoms with van der Waals surface area (Å²) < 4.78 is 26.4. The summed E-state index contributed by atoms with van der Waals surface area (Å²) in [4.78, 5) is 0. The van der Waals surface area contributed by atoms with Gasteiger partial charge in [-0.1, -0.05) is 26.8 Å². The van der Waals surface area contributed by atoms with Crippen molar-refractivity contribution >= 4 is 0 Å². The van der Waals surface area contributed by atoms with E-state index in [9.17, 15) is 13.9 Å². The van der Waals surface area contributed by atoms with Crippen molar-refractivity contribution < 1.29 is 13.9 Å². The quantitative estimate of drug-likeness (QED) is 0.796. The highest BCUT2D eigenvalue weighted by atomic mass is 19.1. The maximum absolute atomic E-state index is 13.6. The first-order valence-electron chi connectivity index (χ1n) is 7.15. The van der Waals surface area contributed by atoms with Gasteiger partial charge in [0.2, 0.25) is 0 Å². The Balaban J connectivity index is 1.95. The molecule has 0 radical (unpaired) electrons. The van der Waals surface area contributed by atoms with Crippen molar-refractivity contribution in [3.8, 4) is 0 Å². The van der Waals surface area contributed by atoms with E-state index in [1.54, 1.807) is 6.20 Å². The minimum atomic E-state index is -1.04. The Bertz CT molecular complexity index is 635. The van der Waals surface area contributed by atoms with Gasteiger partial charge < -0.3 is 10.4 Å². The zero-order valence-corrected chi connectivity index (χ0v) is 13.0. The van der Waals surface area contributed by atoms with E-state index in [1.807, 2.05) is 0 Å². The monoisotopic (exact) mass is 309 g/mol. The molecule has 0 aliphatic carbocycles. The SMILES string of the molecule is CC(C)(C)c1[nH]ncc1CNCC(O)c1ccc(F)cc1F. The van der Waals surface area contributed by atoms with Crippen LogP contribution in [0.4, 0.5) is 8.78 Å². The highest BCUT2D eigenvalue weighted by Gasteiger charge is 2.20. The summed E-state index contributed by atoms with van der Waals surface area (Å²) in [6.07, 6.45) is 0.698. The van der Waals surface area contributed by atoms with Gasteiger partial charge in [0, 0.05) is 41.4 Å². The maximum Gasteiger partial charge on any atom is 0.131 e. The molecule has 0 saturated heterocycles. The molecule has 0 spiro atoms. The van der Waals surface area contributed by atoms with Gasteiger partial charge in [-0.2, -0.15) is 5.10 Å². The molecule has 0 amide bonds. The zero-order valence-electron chi connectivity index (χ0n) is 13.0. The number of nitrogens with one attached hydrogen (secondary N) is 2. The predicted molar refractivity (Wildman–Crippen MR) is 80.3 cm³/mol. The summed E-state index contributed by atoms with van der Waals surface area (Å²) >= 11 is 0. The van der Waals surface area contributed by atoms with E-state index in [1.165, 1.54) is 6.07 Å². The molecule has 22 heavy (non-hydrogen) atoms. The molecule has 1 aromatic carbocycles. The Morgan fingerprint density at radius 3 is 2.68 bits per heavy atom. The van der Waals surface area contributed by atoms with Gasteiger partial charge in [-0.3, -0.25) is 5.10 Å². The number of aromatic amines is 1. The molecule has 120 valence electrons. The first-order valence-corrected chi connectivity index (χ1v) is 7.15. The molecule has 1 heterocycles. The highest BCUT2D eigenvalue weighted by Crippen LogP contribution is 2.23. The van der Waals surface area contributed by atoms with E-state index in [4.69, 9.17) is 0 Å². The Labute approximate surface area is 128 Å². The third-order valence-electron chi connectivity index (χ3n) is 3.44. The molecule has 0 saturated carbocycles. The molecular formula is C16H21F2N3O. The average molecular weight is 309 g/mol. The van der Waals surface area contributed by atoms with Gasteiger partial charge in [-0.15, -0.1) is 0 Å². The third kappa shape index (κ3) is 3.90. The molecule has 6 heteroatoms. The summed E-state index contributed by atoms with van der Waals surface area (Å²) in [6.45, 7) is 6.90. The third-order valence-corrected chi connectivity index (χ3v) is 3.44. The second kappa shape index (κ2) is 6.54. The van der Waals surface area contributed by atoms with Crippen LogP contribution in [0.2, 0.25) is 0 Å². The highest BCUT2D eigenvalue weighted by molar-refractivity contribution is 5.24. The molecule has 1 atom stereocenters. The van der Waals surface area contributed by atoms with Gasteiger partial charge in [0.1, 0.15) is 11.6 Å². The average Bonchev–Trinajstić information content (AvgIpc) is 2.86. The molecule has 2 aromatic rings. The molecule has 1 aromatic heterocycles. The topological polar surface area (TPSA) is 60.9 Å². The van der Waals surface area contributed by atoms with E-state index < -0.39 is 17.7 Å². The fraction of sp³-hybridized carbons (Fsp3) is 0.438. The molecule has 0 fully saturated rings. The summed E-state index contributed by atoms with van der Waals surface area (Å²) in [6, 6.07) is 3.16. The Morgan fingerprint density at radius 2 is 2.05 bits per heavy atom. The molecule has 0 aliphatic heterocycles. The van der Waals surface area contributed by atoms with E-state index in [2.05, 4.69) is 36.3 Å². The van der Waals surface area contributed by atoms with Crippen LogP contribution in [-0.2, 0) is 12.0 Å². The smallest absolute Gasteiger partial charge is 0.131 e. The Hall–Kier alpha value is -1.79. The standard InChI is InChI=1S/C16H21F2N3O/c1-16(2,3)15-10(8-20-21-15)7-19-9-14(22)12-5-4-11(17)6-13(12)18/h4-6,8,14,19,22H,7,9H2,1-3H3,(H,20,21). The minimum Gasteiger partial charge on any atom is -0.387 e. The molecule has 3 N–H and O–H groups in total. The van der Waals surface area contributed by atoms with Crippen LogP contribution >= 0.6 is 0 Å².